The van der Waals surface area contributed by atoms with Gasteiger partial charge in [-0.15, -0.1) is 5.54 Å². The van der Waals surface area contributed by atoms with Gasteiger partial charge >= 0.3 is 5.97 Å². The molecule has 0 N–H and O–H groups in total. The molecule has 0 spiro atoms. The smallest absolute Gasteiger partial charge is 0.308 e. The SMILES string of the molecule is CCOC(=O)CC(C#C[Si](C)(C)C)N(C(C)=O)c1ccccc1. The Morgan fingerprint density at radius 3 is 2.30 bits per heavy atom. The summed E-state index contributed by atoms with van der Waals surface area (Å²) in [5, 5.41) is 0. The summed E-state index contributed by atoms with van der Waals surface area (Å²) in [7, 11) is -1.62. The maximum atomic E-state index is 12.2. The van der Waals surface area contributed by atoms with E-state index in [1.807, 2.05) is 30.3 Å². The van der Waals surface area contributed by atoms with Crippen LogP contribution < -0.4 is 4.90 Å². The molecule has 1 rings (SSSR count). The third kappa shape index (κ3) is 6.70. The third-order valence-corrected chi connectivity index (χ3v) is 3.86. The maximum absolute atomic E-state index is 12.2. The van der Waals surface area contributed by atoms with Crippen LogP contribution in [0.2, 0.25) is 19.6 Å². The minimum atomic E-state index is -1.62. The largest absolute Gasteiger partial charge is 0.466 e. The molecule has 5 heteroatoms. The van der Waals surface area contributed by atoms with Gasteiger partial charge in [0.2, 0.25) is 5.91 Å². The Hall–Kier alpha value is -2.06. The molecule has 0 aliphatic carbocycles. The number of ether oxygens (including phenoxy) is 1. The molecule has 0 radical (unpaired) electrons. The molecule has 0 aliphatic rings. The fourth-order valence-corrected chi connectivity index (χ4v) is 2.65. The fourth-order valence-electron chi connectivity index (χ4n) is 2.05. The number of amides is 1. The second kappa shape index (κ2) is 8.54. The van der Waals surface area contributed by atoms with Crippen LogP contribution >= 0.6 is 0 Å². The first-order valence-electron chi connectivity index (χ1n) is 7.77. The number of esters is 1. The van der Waals surface area contributed by atoms with Crippen molar-refractivity contribution in [2.45, 2.75) is 46.0 Å². The molecule has 0 saturated carbocycles. The highest BCUT2D eigenvalue weighted by Crippen LogP contribution is 2.19. The van der Waals surface area contributed by atoms with Crippen LogP contribution in [0.4, 0.5) is 5.69 Å². The topological polar surface area (TPSA) is 46.6 Å². The van der Waals surface area contributed by atoms with Gasteiger partial charge in [0.05, 0.1) is 13.0 Å². The predicted octanol–water partition coefficient (Wildman–Crippen LogP) is 3.24. The number of carbonyl (C=O) groups is 2. The second-order valence-electron chi connectivity index (χ2n) is 6.27. The highest BCUT2D eigenvalue weighted by Gasteiger charge is 2.25. The Morgan fingerprint density at radius 2 is 1.83 bits per heavy atom. The van der Waals surface area contributed by atoms with E-state index in [0.29, 0.717) is 6.61 Å². The van der Waals surface area contributed by atoms with Gasteiger partial charge in [-0.2, -0.15) is 0 Å². The van der Waals surface area contributed by atoms with Crippen molar-refractivity contribution in [3.05, 3.63) is 30.3 Å². The molecule has 0 bridgehead atoms. The monoisotopic (exact) mass is 331 g/mol. The molecule has 124 valence electrons. The molecular weight excluding hydrogens is 306 g/mol. The number of anilines is 1. The van der Waals surface area contributed by atoms with Gasteiger partial charge in [-0.25, -0.2) is 0 Å². The Labute approximate surface area is 139 Å². The van der Waals surface area contributed by atoms with Crippen LogP contribution in [0.15, 0.2) is 30.3 Å². The molecule has 1 aromatic carbocycles. The van der Waals surface area contributed by atoms with Gasteiger partial charge in [-0.05, 0) is 19.1 Å². The summed E-state index contributed by atoms with van der Waals surface area (Å²) in [5.74, 6) is 2.66. The molecule has 0 fully saturated rings. The van der Waals surface area contributed by atoms with Crippen LogP contribution in [0.3, 0.4) is 0 Å². The van der Waals surface area contributed by atoms with Crippen LogP contribution in [0, 0.1) is 11.5 Å². The van der Waals surface area contributed by atoms with Crippen molar-refractivity contribution in [3.63, 3.8) is 0 Å². The number of hydrogen-bond acceptors (Lipinski definition) is 3. The summed E-state index contributed by atoms with van der Waals surface area (Å²) in [6.07, 6.45) is 0.0692. The molecule has 0 aliphatic heterocycles. The first-order valence-corrected chi connectivity index (χ1v) is 11.3. The van der Waals surface area contributed by atoms with E-state index < -0.39 is 14.1 Å². The van der Waals surface area contributed by atoms with E-state index in [4.69, 9.17) is 4.74 Å². The van der Waals surface area contributed by atoms with E-state index in [0.717, 1.165) is 5.69 Å². The van der Waals surface area contributed by atoms with Gasteiger partial charge in [0.1, 0.15) is 14.1 Å². The van der Waals surface area contributed by atoms with Crippen molar-refractivity contribution in [2.75, 3.05) is 11.5 Å². The summed E-state index contributed by atoms with van der Waals surface area (Å²) in [6, 6.07) is 8.78. The Balaban J connectivity index is 3.19. The quantitative estimate of drug-likeness (QED) is 0.473. The lowest BCUT2D eigenvalue weighted by atomic mass is 10.1. The van der Waals surface area contributed by atoms with Crippen molar-refractivity contribution < 1.29 is 14.3 Å². The van der Waals surface area contributed by atoms with Crippen LogP contribution in [-0.4, -0.2) is 32.6 Å². The summed E-state index contributed by atoms with van der Waals surface area (Å²) >= 11 is 0. The zero-order chi connectivity index (χ0) is 17.5. The summed E-state index contributed by atoms with van der Waals surface area (Å²) < 4.78 is 5.04. The van der Waals surface area contributed by atoms with Crippen LogP contribution in [-0.2, 0) is 14.3 Å². The number of rotatable bonds is 5. The normalized spacial score (nSPS) is 11.9. The van der Waals surface area contributed by atoms with Crippen LogP contribution in [0.25, 0.3) is 0 Å². The highest BCUT2D eigenvalue weighted by atomic mass is 28.3. The Bertz CT molecular complexity index is 596. The van der Waals surface area contributed by atoms with Crippen molar-refractivity contribution in [1.82, 2.24) is 0 Å². The molecule has 4 nitrogen and oxygen atoms in total. The molecule has 0 heterocycles. The van der Waals surface area contributed by atoms with Gasteiger partial charge < -0.3 is 4.74 Å². The average molecular weight is 331 g/mol. The minimum absolute atomic E-state index is 0.0692. The van der Waals surface area contributed by atoms with Crippen molar-refractivity contribution in [2.24, 2.45) is 0 Å². The van der Waals surface area contributed by atoms with Crippen LogP contribution in [0.5, 0.6) is 0 Å². The standard InChI is InChI=1S/C18H25NO3Si/c1-6-22-18(21)14-17(12-13-23(3,4)5)19(15(2)20)16-10-8-7-9-11-16/h7-11,17H,6,14H2,1-5H3. The molecule has 1 atom stereocenters. The molecule has 1 unspecified atom stereocenters. The van der Waals surface area contributed by atoms with E-state index in [2.05, 4.69) is 31.1 Å². The van der Waals surface area contributed by atoms with E-state index in [1.54, 1.807) is 11.8 Å². The summed E-state index contributed by atoms with van der Waals surface area (Å²) in [6.45, 7) is 9.95. The van der Waals surface area contributed by atoms with Crippen molar-refractivity contribution >= 4 is 25.6 Å². The first kappa shape index (κ1) is 19.0. The highest BCUT2D eigenvalue weighted by molar-refractivity contribution is 6.83. The van der Waals surface area contributed by atoms with Crippen LogP contribution in [0.1, 0.15) is 20.3 Å². The minimum Gasteiger partial charge on any atom is -0.466 e. The number of para-hydroxylation sites is 1. The lowest BCUT2D eigenvalue weighted by Gasteiger charge is -2.27. The second-order valence-corrected chi connectivity index (χ2v) is 11.0. The van der Waals surface area contributed by atoms with Gasteiger partial charge in [0.15, 0.2) is 0 Å². The van der Waals surface area contributed by atoms with E-state index in [9.17, 15) is 9.59 Å². The summed E-state index contributed by atoms with van der Waals surface area (Å²) in [4.78, 5) is 25.7. The third-order valence-electron chi connectivity index (χ3n) is 2.96. The predicted molar refractivity (Wildman–Crippen MR) is 95.8 cm³/mol. The lowest BCUT2D eigenvalue weighted by molar-refractivity contribution is -0.143. The molecule has 23 heavy (non-hydrogen) atoms. The average Bonchev–Trinajstić information content (AvgIpc) is 2.45. The number of benzene rings is 1. The van der Waals surface area contributed by atoms with Crippen molar-refractivity contribution in [3.8, 4) is 11.5 Å². The van der Waals surface area contributed by atoms with Gasteiger partial charge in [-0.3, -0.25) is 14.5 Å². The van der Waals surface area contributed by atoms with E-state index in [1.165, 1.54) is 6.92 Å². The number of carbonyl (C=O) groups excluding carboxylic acids is 2. The zero-order valence-electron chi connectivity index (χ0n) is 14.6. The van der Waals surface area contributed by atoms with Gasteiger partial charge in [0, 0.05) is 12.6 Å². The molecule has 0 aromatic heterocycles. The van der Waals surface area contributed by atoms with Crippen molar-refractivity contribution in [1.29, 1.82) is 0 Å². The van der Waals surface area contributed by atoms with E-state index in [-0.39, 0.29) is 18.3 Å². The number of hydrogen-bond donors (Lipinski definition) is 0. The van der Waals surface area contributed by atoms with E-state index >= 15 is 0 Å². The molecule has 1 amide bonds. The maximum Gasteiger partial charge on any atom is 0.308 e. The lowest BCUT2D eigenvalue weighted by Crippen LogP contribution is -2.40. The van der Waals surface area contributed by atoms with Gasteiger partial charge in [0.25, 0.3) is 0 Å². The first-order chi connectivity index (χ1) is 10.7. The summed E-state index contributed by atoms with van der Waals surface area (Å²) in [5.41, 5.74) is 4.00. The Kier molecular flexibility index (Phi) is 7.05. The number of nitrogens with zero attached hydrogens (tertiary/aromatic N) is 1. The Morgan fingerprint density at radius 1 is 1.22 bits per heavy atom. The zero-order valence-corrected chi connectivity index (χ0v) is 15.6. The molecular formula is C18H25NO3Si. The van der Waals surface area contributed by atoms with Gasteiger partial charge in [-0.1, -0.05) is 43.8 Å². The molecule has 1 aromatic rings. The molecule has 0 saturated heterocycles. The fraction of sp³-hybridized carbons (Fsp3) is 0.444.